The van der Waals surface area contributed by atoms with Gasteiger partial charge in [-0.1, -0.05) is 12.1 Å². The van der Waals surface area contributed by atoms with Crippen molar-refractivity contribution in [1.82, 2.24) is 5.32 Å². The summed E-state index contributed by atoms with van der Waals surface area (Å²) < 4.78 is 11.1. The fourth-order valence-corrected chi connectivity index (χ4v) is 1.71. The van der Waals surface area contributed by atoms with Crippen LogP contribution in [0.2, 0.25) is 0 Å². The number of ether oxygens (including phenoxy) is 2. The number of hydrogen-bond donors (Lipinski definition) is 2. The highest BCUT2D eigenvalue weighted by Gasteiger charge is 2.15. The Balaban J connectivity index is 1.96. The lowest BCUT2D eigenvalue weighted by Gasteiger charge is -2.23. The Kier molecular flexibility index (Phi) is 3.95. The number of nitrogens with one attached hydrogen (secondary N) is 1. The van der Waals surface area contributed by atoms with Gasteiger partial charge in [-0.05, 0) is 12.1 Å². The number of carbonyl (C=O) groups excluding carboxylic acids is 1. The monoisotopic (exact) mass is 236 g/mol. The molecule has 0 bridgehead atoms. The molecular weight excluding hydrogens is 220 g/mol. The lowest BCUT2D eigenvalue weighted by atomic mass is 10.2. The van der Waals surface area contributed by atoms with Crippen LogP contribution >= 0.6 is 0 Å². The largest absolute Gasteiger partial charge is 0.490 e. The molecule has 1 aliphatic heterocycles. The van der Waals surface area contributed by atoms with Crippen molar-refractivity contribution < 1.29 is 14.3 Å². The van der Waals surface area contributed by atoms with E-state index in [1.807, 2.05) is 6.07 Å². The van der Waals surface area contributed by atoms with Gasteiger partial charge in [-0.15, -0.1) is 0 Å². The van der Waals surface area contributed by atoms with E-state index in [0.717, 1.165) is 13.1 Å². The topological polar surface area (TPSA) is 73.6 Å². The zero-order chi connectivity index (χ0) is 12.1. The number of primary amides is 1. The molecule has 1 aliphatic rings. The van der Waals surface area contributed by atoms with Crippen molar-refractivity contribution in [2.75, 3.05) is 26.3 Å². The first-order chi connectivity index (χ1) is 8.27. The fourth-order valence-electron chi connectivity index (χ4n) is 1.71. The Bertz CT molecular complexity index is 389. The third-order valence-corrected chi connectivity index (χ3v) is 2.58. The van der Waals surface area contributed by atoms with Gasteiger partial charge in [-0.2, -0.15) is 0 Å². The van der Waals surface area contributed by atoms with Crippen molar-refractivity contribution in [3.05, 3.63) is 29.8 Å². The summed E-state index contributed by atoms with van der Waals surface area (Å²) in [5.41, 5.74) is 5.66. The Morgan fingerprint density at radius 1 is 1.53 bits per heavy atom. The molecule has 1 heterocycles. The molecule has 17 heavy (non-hydrogen) atoms. The highest BCUT2D eigenvalue weighted by atomic mass is 16.5. The van der Waals surface area contributed by atoms with Gasteiger partial charge in [0.05, 0.1) is 12.2 Å². The molecule has 0 aliphatic carbocycles. The normalized spacial score (nSPS) is 19.9. The maximum absolute atomic E-state index is 11.2. The maximum atomic E-state index is 11.2. The molecule has 1 aromatic rings. The number of para-hydroxylation sites is 1. The second-order valence-corrected chi connectivity index (χ2v) is 3.87. The predicted octanol–water partition coefficient (Wildman–Crippen LogP) is 0.153. The van der Waals surface area contributed by atoms with Gasteiger partial charge >= 0.3 is 0 Å². The molecule has 1 saturated heterocycles. The number of hydrogen-bond acceptors (Lipinski definition) is 4. The van der Waals surface area contributed by atoms with Gasteiger partial charge < -0.3 is 20.5 Å². The van der Waals surface area contributed by atoms with E-state index in [1.54, 1.807) is 18.2 Å². The average Bonchev–Trinajstić information content (AvgIpc) is 2.38. The van der Waals surface area contributed by atoms with Crippen molar-refractivity contribution in [3.63, 3.8) is 0 Å². The smallest absolute Gasteiger partial charge is 0.252 e. The Morgan fingerprint density at radius 2 is 2.35 bits per heavy atom. The van der Waals surface area contributed by atoms with Crippen molar-refractivity contribution in [2.45, 2.75) is 6.10 Å². The van der Waals surface area contributed by atoms with Crippen LogP contribution in [-0.4, -0.2) is 38.3 Å². The second-order valence-electron chi connectivity index (χ2n) is 3.87. The van der Waals surface area contributed by atoms with E-state index < -0.39 is 5.91 Å². The third-order valence-electron chi connectivity index (χ3n) is 2.58. The van der Waals surface area contributed by atoms with Gasteiger partial charge in [0.15, 0.2) is 0 Å². The molecule has 0 aromatic heterocycles. The summed E-state index contributed by atoms with van der Waals surface area (Å²) in [5.74, 6) is 0.0254. The summed E-state index contributed by atoms with van der Waals surface area (Å²) in [4.78, 5) is 11.2. The molecule has 1 aromatic carbocycles. The number of morpholine rings is 1. The second kappa shape index (κ2) is 5.65. The van der Waals surface area contributed by atoms with E-state index in [2.05, 4.69) is 5.32 Å². The molecule has 1 fully saturated rings. The summed E-state index contributed by atoms with van der Waals surface area (Å²) in [6, 6.07) is 6.95. The van der Waals surface area contributed by atoms with E-state index in [1.165, 1.54) is 0 Å². The third kappa shape index (κ3) is 3.18. The van der Waals surface area contributed by atoms with E-state index in [-0.39, 0.29) is 6.10 Å². The van der Waals surface area contributed by atoms with Crippen LogP contribution in [0.25, 0.3) is 0 Å². The number of benzene rings is 1. The Labute approximate surface area is 99.9 Å². The molecule has 5 nitrogen and oxygen atoms in total. The number of amides is 1. The average molecular weight is 236 g/mol. The van der Waals surface area contributed by atoms with Crippen LogP contribution in [0.1, 0.15) is 10.4 Å². The highest BCUT2D eigenvalue weighted by Crippen LogP contribution is 2.17. The molecule has 0 spiro atoms. The lowest BCUT2D eigenvalue weighted by molar-refractivity contribution is 0.0000383. The van der Waals surface area contributed by atoms with Crippen LogP contribution in [0, 0.1) is 0 Å². The zero-order valence-electron chi connectivity index (χ0n) is 9.52. The molecular formula is C12H16N2O3. The van der Waals surface area contributed by atoms with E-state index in [9.17, 15) is 4.79 Å². The van der Waals surface area contributed by atoms with Gasteiger partial charge in [0.2, 0.25) is 0 Å². The van der Waals surface area contributed by atoms with Gasteiger partial charge in [-0.25, -0.2) is 0 Å². The SMILES string of the molecule is NC(=O)c1ccccc1OC[C@H]1CNCCO1. The Hall–Kier alpha value is -1.59. The minimum atomic E-state index is -0.483. The molecule has 1 atom stereocenters. The fraction of sp³-hybridized carbons (Fsp3) is 0.417. The molecule has 0 unspecified atom stereocenters. The molecule has 3 N–H and O–H groups in total. The summed E-state index contributed by atoms with van der Waals surface area (Å²) in [6.45, 7) is 2.73. The van der Waals surface area contributed by atoms with Crippen LogP contribution in [0.5, 0.6) is 5.75 Å². The van der Waals surface area contributed by atoms with Gasteiger partial charge in [-0.3, -0.25) is 4.79 Å². The lowest BCUT2D eigenvalue weighted by Crippen LogP contribution is -2.41. The van der Waals surface area contributed by atoms with Crippen molar-refractivity contribution >= 4 is 5.91 Å². The minimum Gasteiger partial charge on any atom is -0.490 e. The van der Waals surface area contributed by atoms with Crippen LogP contribution in [0.4, 0.5) is 0 Å². The summed E-state index contributed by atoms with van der Waals surface area (Å²) in [5, 5.41) is 3.21. The number of nitrogens with two attached hydrogens (primary N) is 1. The van der Waals surface area contributed by atoms with Crippen LogP contribution in [0.3, 0.4) is 0 Å². The first kappa shape index (κ1) is 11.9. The van der Waals surface area contributed by atoms with Gasteiger partial charge in [0.25, 0.3) is 5.91 Å². The first-order valence-corrected chi connectivity index (χ1v) is 5.61. The van der Waals surface area contributed by atoms with Gasteiger partial charge in [0.1, 0.15) is 18.5 Å². The standard InChI is InChI=1S/C12H16N2O3/c13-12(15)10-3-1-2-4-11(10)17-8-9-7-14-5-6-16-9/h1-4,9,14H,5-8H2,(H2,13,15)/t9-/m1/s1. The number of rotatable bonds is 4. The summed E-state index contributed by atoms with van der Waals surface area (Å²) in [7, 11) is 0. The minimum absolute atomic E-state index is 0.0182. The summed E-state index contributed by atoms with van der Waals surface area (Å²) >= 11 is 0. The molecule has 0 radical (unpaired) electrons. The predicted molar refractivity (Wildman–Crippen MR) is 63.1 cm³/mol. The Morgan fingerprint density at radius 3 is 3.06 bits per heavy atom. The quantitative estimate of drug-likeness (QED) is 0.780. The molecule has 1 amide bonds. The van der Waals surface area contributed by atoms with Crippen LogP contribution in [0.15, 0.2) is 24.3 Å². The summed E-state index contributed by atoms with van der Waals surface area (Å²) in [6.07, 6.45) is 0.0182. The van der Waals surface area contributed by atoms with Crippen molar-refractivity contribution in [3.8, 4) is 5.75 Å². The molecule has 92 valence electrons. The zero-order valence-corrected chi connectivity index (χ0v) is 9.52. The number of carbonyl (C=O) groups is 1. The first-order valence-electron chi connectivity index (χ1n) is 5.61. The van der Waals surface area contributed by atoms with Crippen LogP contribution in [-0.2, 0) is 4.74 Å². The molecule has 2 rings (SSSR count). The van der Waals surface area contributed by atoms with E-state index in [4.69, 9.17) is 15.2 Å². The van der Waals surface area contributed by atoms with E-state index >= 15 is 0 Å². The maximum Gasteiger partial charge on any atom is 0.252 e. The van der Waals surface area contributed by atoms with Crippen LogP contribution < -0.4 is 15.8 Å². The van der Waals surface area contributed by atoms with E-state index in [0.29, 0.717) is 24.5 Å². The van der Waals surface area contributed by atoms with Gasteiger partial charge in [0, 0.05) is 13.1 Å². The van der Waals surface area contributed by atoms with Crippen molar-refractivity contribution in [2.24, 2.45) is 5.73 Å². The molecule has 5 heteroatoms. The molecule has 0 saturated carbocycles. The highest BCUT2D eigenvalue weighted by molar-refractivity contribution is 5.95. The van der Waals surface area contributed by atoms with Crippen molar-refractivity contribution in [1.29, 1.82) is 0 Å².